The van der Waals surface area contributed by atoms with Crippen molar-refractivity contribution in [3.05, 3.63) is 12.1 Å². The van der Waals surface area contributed by atoms with Gasteiger partial charge in [0.25, 0.3) is 0 Å². The van der Waals surface area contributed by atoms with E-state index < -0.39 is 0 Å². The summed E-state index contributed by atoms with van der Waals surface area (Å²) in [5.41, 5.74) is 0.821. The first-order chi connectivity index (χ1) is 12.0. The first-order valence-corrected chi connectivity index (χ1v) is 9.17. The minimum atomic E-state index is 0.00212. The summed E-state index contributed by atoms with van der Waals surface area (Å²) in [5.74, 6) is 1.54. The zero-order valence-electron chi connectivity index (χ0n) is 15.0. The summed E-state index contributed by atoms with van der Waals surface area (Å²) in [5, 5.41) is 3.87. The van der Waals surface area contributed by atoms with E-state index in [1.54, 1.807) is 25.6 Å². The average molecular weight is 364 g/mol. The number of methoxy groups -OCH3 is 2. The summed E-state index contributed by atoms with van der Waals surface area (Å²) in [7, 11) is 3.30. The van der Waals surface area contributed by atoms with Crippen LogP contribution in [0.4, 0.5) is 9.93 Å². The molecule has 25 heavy (non-hydrogen) atoms. The number of anilines is 1. The molecule has 1 aromatic heterocycles. The Labute approximate surface area is 151 Å². The number of hydrogen-bond donors (Lipinski definition) is 1. The second-order valence-electron chi connectivity index (χ2n) is 6.22. The molecule has 2 amide bonds. The summed E-state index contributed by atoms with van der Waals surface area (Å²) < 4.78 is 11.9. The van der Waals surface area contributed by atoms with Crippen LogP contribution in [0, 0.1) is 0 Å². The number of rotatable bonds is 4. The number of nitrogens with zero attached hydrogens (tertiary/aromatic N) is 3. The molecule has 2 heterocycles. The van der Waals surface area contributed by atoms with Gasteiger partial charge in [0.05, 0.1) is 14.2 Å². The Bertz CT molecular complexity index is 713. The van der Waals surface area contributed by atoms with Gasteiger partial charge in [0.15, 0.2) is 5.13 Å². The number of ether oxygens (including phenoxy) is 2. The van der Waals surface area contributed by atoms with Gasteiger partial charge in [-0.1, -0.05) is 11.3 Å². The molecule has 1 N–H and O–H groups in total. The van der Waals surface area contributed by atoms with E-state index in [4.69, 9.17) is 14.5 Å². The molecule has 1 fully saturated rings. The number of carbonyl (C=O) groups is 1. The fraction of sp³-hybridized carbons (Fsp3) is 0.529. The Kier molecular flexibility index (Phi) is 5.17. The molecular weight excluding hydrogens is 340 g/mol. The fourth-order valence-electron chi connectivity index (χ4n) is 2.85. The summed E-state index contributed by atoms with van der Waals surface area (Å²) in [6.45, 7) is 6.82. The molecule has 0 bridgehead atoms. The number of fused-ring (bicyclic) bond motifs is 1. The van der Waals surface area contributed by atoms with E-state index in [9.17, 15) is 4.79 Å². The highest BCUT2D eigenvalue weighted by atomic mass is 32.1. The Morgan fingerprint density at radius 3 is 2.40 bits per heavy atom. The normalized spacial score (nSPS) is 14.9. The number of hydrogen-bond acceptors (Lipinski definition) is 6. The Morgan fingerprint density at radius 2 is 1.80 bits per heavy atom. The van der Waals surface area contributed by atoms with Crippen LogP contribution in [0.5, 0.6) is 11.5 Å². The van der Waals surface area contributed by atoms with E-state index in [1.165, 1.54) is 0 Å². The van der Waals surface area contributed by atoms with E-state index >= 15 is 0 Å². The second kappa shape index (κ2) is 7.35. The predicted molar refractivity (Wildman–Crippen MR) is 100 cm³/mol. The molecule has 0 aliphatic carbocycles. The van der Waals surface area contributed by atoms with Crippen molar-refractivity contribution >= 4 is 32.7 Å². The standard InChI is InChI=1S/C17H24N4O3S/c1-11(2)18-16(22)20-7-9-21(10-8-20)17-19-14-12(23-3)5-6-13(24-4)15(14)25-17/h5-6,11H,7-10H2,1-4H3,(H,18,22). The van der Waals surface area contributed by atoms with Gasteiger partial charge in [-0.2, -0.15) is 0 Å². The zero-order chi connectivity index (χ0) is 18.0. The van der Waals surface area contributed by atoms with Gasteiger partial charge in [-0.25, -0.2) is 9.78 Å². The Hall–Kier alpha value is -2.22. The quantitative estimate of drug-likeness (QED) is 0.903. The van der Waals surface area contributed by atoms with Gasteiger partial charge in [0.2, 0.25) is 0 Å². The Balaban J connectivity index is 1.76. The number of aromatic nitrogens is 1. The molecular formula is C17H24N4O3S. The molecule has 8 heteroatoms. The Morgan fingerprint density at radius 1 is 1.16 bits per heavy atom. The first kappa shape index (κ1) is 17.6. The van der Waals surface area contributed by atoms with Crippen molar-refractivity contribution in [3.8, 4) is 11.5 Å². The minimum Gasteiger partial charge on any atom is -0.495 e. The lowest BCUT2D eigenvalue weighted by Gasteiger charge is -2.34. The minimum absolute atomic E-state index is 0.00212. The van der Waals surface area contributed by atoms with E-state index in [0.717, 1.165) is 39.9 Å². The van der Waals surface area contributed by atoms with E-state index in [-0.39, 0.29) is 12.1 Å². The molecule has 1 aromatic carbocycles. The van der Waals surface area contributed by atoms with Crippen molar-refractivity contribution in [2.24, 2.45) is 0 Å². The molecule has 7 nitrogen and oxygen atoms in total. The number of amides is 2. The molecule has 1 saturated heterocycles. The lowest BCUT2D eigenvalue weighted by Crippen LogP contribution is -2.52. The van der Waals surface area contributed by atoms with Crippen LogP contribution in [0.3, 0.4) is 0 Å². The molecule has 0 atom stereocenters. The number of nitrogens with one attached hydrogen (secondary N) is 1. The highest BCUT2D eigenvalue weighted by Crippen LogP contribution is 2.40. The highest BCUT2D eigenvalue weighted by molar-refractivity contribution is 7.22. The van der Waals surface area contributed by atoms with Crippen LogP contribution in [0.1, 0.15) is 13.8 Å². The van der Waals surface area contributed by atoms with Crippen LogP contribution in [-0.2, 0) is 0 Å². The van der Waals surface area contributed by atoms with Crippen LogP contribution in [-0.4, -0.2) is 62.4 Å². The predicted octanol–water partition coefficient (Wildman–Crippen LogP) is 2.55. The van der Waals surface area contributed by atoms with Crippen LogP contribution >= 0.6 is 11.3 Å². The highest BCUT2D eigenvalue weighted by Gasteiger charge is 2.24. The summed E-state index contributed by atoms with van der Waals surface area (Å²) in [6, 6.07) is 3.92. The molecule has 2 aromatic rings. The third kappa shape index (κ3) is 3.58. The van der Waals surface area contributed by atoms with Gasteiger partial charge in [-0.15, -0.1) is 0 Å². The third-order valence-electron chi connectivity index (χ3n) is 4.15. The van der Waals surface area contributed by atoms with Crippen molar-refractivity contribution in [2.75, 3.05) is 45.3 Å². The molecule has 0 radical (unpaired) electrons. The van der Waals surface area contributed by atoms with Gasteiger partial charge in [0.1, 0.15) is 21.7 Å². The number of thiazole rings is 1. The average Bonchev–Trinajstić information content (AvgIpc) is 3.05. The fourth-order valence-corrected chi connectivity index (χ4v) is 3.97. The van der Waals surface area contributed by atoms with Crippen LogP contribution < -0.4 is 19.7 Å². The summed E-state index contributed by atoms with van der Waals surface area (Å²) in [4.78, 5) is 20.9. The molecule has 136 valence electrons. The molecule has 3 rings (SSSR count). The van der Waals surface area contributed by atoms with Crippen molar-refractivity contribution in [1.82, 2.24) is 15.2 Å². The van der Waals surface area contributed by atoms with E-state index in [0.29, 0.717) is 13.1 Å². The first-order valence-electron chi connectivity index (χ1n) is 8.35. The van der Waals surface area contributed by atoms with E-state index in [2.05, 4.69) is 10.2 Å². The SMILES string of the molecule is COc1ccc(OC)c2sc(N3CCN(C(=O)NC(C)C)CC3)nc12. The lowest BCUT2D eigenvalue weighted by atomic mass is 10.3. The number of urea groups is 1. The van der Waals surface area contributed by atoms with Gasteiger partial charge >= 0.3 is 6.03 Å². The number of piperazine rings is 1. The maximum absolute atomic E-state index is 12.1. The summed E-state index contributed by atoms with van der Waals surface area (Å²) in [6.07, 6.45) is 0. The molecule has 1 aliphatic heterocycles. The largest absolute Gasteiger partial charge is 0.495 e. The van der Waals surface area contributed by atoms with Gasteiger partial charge in [-0.3, -0.25) is 0 Å². The molecule has 0 unspecified atom stereocenters. The zero-order valence-corrected chi connectivity index (χ0v) is 15.9. The van der Waals surface area contributed by atoms with E-state index in [1.807, 2.05) is 30.9 Å². The maximum Gasteiger partial charge on any atom is 0.317 e. The topological polar surface area (TPSA) is 66.9 Å². The van der Waals surface area contributed by atoms with Gasteiger partial charge < -0.3 is 24.6 Å². The second-order valence-corrected chi connectivity index (χ2v) is 7.20. The van der Waals surface area contributed by atoms with Crippen molar-refractivity contribution in [3.63, 3.8) is 0 Å². The summed E-state index contributed by atoms with van der Waals surface area (Å²) >= 11 is 1.60. The van der Waals surface area contributed by atoms with Crippen LogP contribution in [0.25, 0.3) is 10.2 Å². The van der Waals surface area contributed by atoms with Crippen LogP contribution in [0.2, 0.25) is 0 Å². The molecule has 0 spiro atoms. The monoisotopic (exact) mass is 364 g/mol. The van der Waals surface area contributed by atoms with Crippen molar-refractivity contribution in [2.45, 2.75) is 19.9 Å². The van der Waals surface area contributed by atoms with Crippen molar-refractivity contribution in [1.29, 1.82) is 0 Å². The van der Waals surface area contributed by atoms with Crippen LogP contribution in [0.15, 0.2) is 12.1 Å². The smallest absolute Gasteiger partial charge is 0.317 e. The maximum atomic E-state index is 12.1. The van der Waals surface area contributed by atoms with Gasteiger partial charge in [0, 0.05) is 32.2 Å². The lowest BCUT2D eigenvalue weighted by molar-refractivity contribution is 0.192. The molecule has 1 aliphatic rings. The number of benzene rings is 1. The third-order valence-corrected chi connectivity index (χ3v) is 5.28. The number of carbonyl (C=O) groups excluding carboxylic acids is 1. The van der Waals surface area contributed by atoms with Gasteiger partial charge in [-0.05, 0) is 26.0 Å². The molecule has 0 saturated carbocycles. The van der Waals surface area contributed by atoms with Crippen molar-refractivity contribution < 1.29 is 14.3 Å².